The zero-order valence-corrected chi connectivity index (χ0v) is 10.7. The van der Waals surface area contributed by atoms with Crippen molar-refractivity contribution in [3.8, 4) is 0 Å². The van der Waals surface area contributed by atoms with Gasteiger partial charge in [0.05, 0.1) is 6.61 Å². The van der Waals surface area contributed by atoms with E-state index >= 15 is 0 Å². The smallest absolute Gasteiger partial charge is 0.254 e. The summed E-state index contributed by atoms with van der Waals surface area (Å²) in [6.07, 6.45) is 2.11. The zero-order chi connectivity index (χ0) is 13.0. The van der Waals surface area contributed by atoms with Gasteiger partial charge in [-0.25, -0.2) is 0 Å². The molecule has 0 saturated heterocycles. The average Bonchev–Trinajstić information content (AvgIpc) is 3.21. The number of aliphatic hydroxyl groups excluding tert-OH is 1. The Morgan fingerprint density at radius 3 is 2.56 bits per heavy atom. The Morgan fingerprint density at radius 2 is 2.06 bits per heavy atom. The van der Waals surface area contributed by atoms with Crippen molar-refractivity contribution in [2.24, 2.45) is 0 Å². The third-order valence-corrected chi connectivity index (χ3v) is 3.10. The highest BCUT2D eigenvalue weighted by atomic mass is 16.3. The van der Waals surface area contributed by atoms with E-state index in [-0.39, 0.29) is 12.5 Å². The van der Waals surface area contributed by atoms with E-state index in [4.69, 9.17) is 5.11 Å². The molecule has 0 bridgehead atoms. The summed E-state index contributed by atoms with van der Waals surface area (Å²) in [6, 6.07) is 7.85. The maximum Gasteiger partial charge on any atom is 0.254 e. The van der Waals surface area contributed by atoms with E-state index in [0.717, 1.165) is 25.1 Å². The Bertz CT molecular complexity index is 399. The molecule has 1 aromatic rings. The number of carbonyl (C=O) groups is 1. The van der Waals surface area contributed by atoms with Gasteiger partial charge in [-0.05, 0) is 44.0 Å². The van der Waals surface area contributed by atoms with Crippen molar-refractivity contribution < 1.29 is 9.90 Å². The van der Waals surface area contributed by atoms with Gasteiger partial charge in [0.1, 0.15) is 0 Å². The number of anilines is 1. The minimum Gasteiger partial charge on any atom is -0.395 e. The summed E-state index contributed by atoms with van der Waals surface area (Å²) < 4.78 is 0. The normalized spacial score (nSPS) is 14.3. The average molecular weight is 248 g/mol. The number of nitrogens with zero attached hydrogens (tertiary/aromatic N) is 1. The minimum absolute atomic E-state index is 0.0228. The highest BCUT2D eigenvalue weighted by Gasteiger charge is 2.32. The standard InChI is InChI=1S/C14H20N2O2/c1-2-15-12-5-3-11(4-6-12)14(18)16(9-10-17)13-7-8-13/h3-6,13,15,17H,2,7-10H2,1H3. The van der Waals surface area contributed by atoms with Crippen LogP contribution in [0.1, 0.15) is 30.1 Å². The van der Waals surface area contributed by atoms with E-state index < -0.39 is 0 Å². The van der Waals surface area contributed by atoms with Crippen LogP contribution in [0.5, 0.6) is 0 Å². The molecule has 0 radical (unpaired) electrons. The maximum absolute atomic E-state index is 12.3. The van der Waals surface area contributed by atoms with Crippen LogP contribution < -0.4 is 5.32 Å². The van der Waals surface area contributed by atoms with Crippen LogP contribution in [0.3, 0.4) is 0 Å². The van der Waals surface area contributed by atoms with Crippen LogP contribution in [0.25, 0.3) is 0 Å². The van der Waals surface area contributed by atoms with Crippen LogP contribution in [0, 0.1) is 0 Å². The Labute approximate surface area is 108 Å². The highest BCUT2D eigenvalue weighted by Crippen LogP contribution is 2.28. The van der Waals surface area contributed by atoms with E-state index in [9.17, 15) is 4.79 Å². The summed E-state index contributed by atoms with van der Waals surface area (Å²) in [5.41, 5.74) is 1.71. The fraction of sp³-hybridized carbons (Fsp3) is 0.500. The van der Waals surface area contributed by atoms with Gasteiger partial charge in [0.15, 0.2) is 0 Å². The van der Waals surface area contributed by atoms with Crippen LogP contribution in [0.2, 0.25) is 0 Å². The second-order valence-electron chi connectivity index (χ2n) is 4.56. The molecule has 1 amide bonds. The number of nitrogens with one attached hydrogen (secondary N) is 1. The molecule has 4 heteroatoms. The van der Waals surface area contributed by atoms with Crippen molar-refractivity contribution in [2.45, 2.75) is 25.8 Å². The Morgan fingerprint density at radius 1 is 1.39 bits per heavy atom. The van der Waals surface area contributed by atoms with Gasteiger partial charge in [-0.2, -0.15) is 0 Å². The van der Waals surface area contributed by atoms with E-state index in [0.29, 0.717) is 18.2 Å². The molecule has 4 nitrogen and oxygen atoms in total. The second kappa shape index (κ2) is 5.87. The first-order chi connectivity index (χ1) is 8.76. The quantitative estimate of drug-likeness (QED) is 0.806. The molecule has 1 fully saturated rings. The lowest BCUT2D eigenvalue weighted by Gasteiger charge is -2.21. The fourth-order valence-electron chi connectivity index (χ4n) is 2.04. The second-order valence-corrected chi connectivity index (χ2v) is 4.56. The van der Waals surface area contributed by atoms with Gasteiger partial charge in [-0.1, -0.05) is 0 Å². The van der Waals surface area contributed by atoms with Crippen molar-refractivity contribution in [1.82, 2.24) is 4.90 Å². The number of aliphatic hydroxyl groups is 1. The van der Waals surface area contributed by atoms with Crippen molar-refractivity contribution in [1.29, 1.82) is 0 Å². The number of amides is 1. The van der Waals surface area contributed by atoms with Gasteiger partial charge in [0.2, 0.25) is 0 Å². The lowest BCUT2D eigenvalue weighted by atomic mass is 10.1. The number of benzene rings is 1. The first-order valence-electron chi connectivity index (χ1n) is 6.52. The molecule has 0 unspecified atom stereocenters. The summed E-state index contributed by atoms with van der Waals surface area (Å²) in [5.74, 6) is 0.0228. The Balaban J connectivity index is 2.06. The van der Waals surface area contributed by atoms with Crippen LogP contribution in [-0.4, -0.2) is 41.7 Å². The Kier molecular flexibility index (Phi) is 4.20. The number of carbonyl (C=O) groups excluding carboxylic acids is 1. The summed E-state index contributed by atoms with van der Waals surface area (Å²) in [6.45, 7) is 3.36. The molecule has 0 aliphatic heterocycles. The molecule has 1 aliphatic carbocycles. The van der Waals surface area contributed by atoms with Gasteiger partial charge in [0.25, 0.3) is 5.91 Å². The molecule has 2 N–H and O–H groups in total. The SMILES string of the molecule is CCNc1ccc(C(=O)N(CCO)C2CC2)cc1. The van der Waals surface area contributed by atoms with E-state index in [1.54, 1.807) is 4.90 Å². The van der Waals surface area contributed by atoms with Gasteiger partial charge < -0.3 is 15.3 Å². The summed E-state index contributed by atoms with van der Waals surface area (Å²) >= 11 is 0. The third kappa shape index (κ3) is 3.01. The molecule has 0 heterocycles. The van der Waals surface area contributed by atoms with Gasteiger partial charge in [-0.15, -0.1) is 0 Å². The van der Waals surface area contributed by atoms with Crippen molar-refractivity contribution in [3.05, 3.63) is 29.8 Å². The molecule has 0 aromatic heterocycles. The van der Waals surface area contributed by atoms with E-state index in [1.807, 2.05) is 31.2 Å². The predicted molar refractivity (Wildman–Crippen MR) is 71.8 cm³/mol. The molecule has 98 valence electrons. The maximum atomic E-state index is 12.3. The summed E-state index contributed by atoms with van der Waals surface area (Å²) in [7, 11) is 0. The van der Waals surface area contributed by atoms with E-state index in [1.165, 1.54) is 0 Å². The molecule has 2 rings (SSSR count). The van der Waals surface area contributed by atoms with Crippen LogP contribution >= 0.6 is 0 Å². The predicted octanol–water partition coefficient (Wildman–Crippen LogP) is 1.72. The molecule has 0 atom stereocenters. The summed E-state index contributed by atoms with van der Waals surface area (Å²) in [4.78, 5) is 14.1. The lowest BCUT2D eigenvalue weighted by molar-refractivity contribution is 0.0707. The van der Waals surface area contributed by atoms with Gasteiger partial charge in [0, 0.05) is 30.4 Å². The Hall–Kier alpha value is -1.55. The molecular weight excluding hydrogens is 228 g/mol. The fourth-order valence-corrected chi connectivity index (χ4v) is 2.04. The summed E-state index contributed by atoms with van der Waals surface area (Å²) in [5, 5.41) is 12.2. The van der Waals surface area contributed by atoms with E-state index in [2.05, 4.69) is 5.32 Å². The number of hydrogen-bond acceptors (Lipinski definition) is 3. The zero-order valence-electron chi connectivity index (χ0n) is 10.7. The largest absolute Gasteiger partial charge is 0.395 e. The number of rotatable bonds is 6. The molecule has 18 heavy (non-hydrogen) atoms. The lowest BCUT2D eigenvalue weighted by Crippen LogP contribution is -2.35. The minimum atomic E-state index is 0.0228. The number of hydrogen-bond donors (Lipinski definition) is 2. The van der Waals surface area contributed by atoms with Crippen LogP contribution in [0.15, 0.2) is 24.3 Å². The topological polar surface area (TPSA) is 52.6 Å². The highest BCUT2D eigenvalue weighted by molar-refractivity contribution is 5.95. The third-order valence-electron chi connectivity index (χ3n) is 3.10. The molecule has 1 saturated carbocycles. The van der Waals surface area contributed by atoms with Crippen molar-refractivity contribution in [3.63, 3.8) is 0 Å². The molecular formula is C14H20N2O2. The van der Waals surface area contributed by atoms with Crippen molar-refractivity contribution in [2.75, 3.05) is 25.0 Å². The molecule has 1 aliphatic rings. The van der Waals surface area contributed by atoms with Crippen LogP contribution in [0.4, 0.5) is 5.69 Å². The van der Waals surface area contributed by atoms with Gasteiger partial charge in [-0.3, -0.25) is 4.79 Å². The van der Waals surface area contributed by atoms with Gasteiger partial charge >= 0.3 is 0 Å². The van der Waals surface area contributed by atoms with Crippen LogP contribution in [-0.2, 0) is 0 Å². The first-order valence-corrected chi connectivity index (χ1v) is 6.52. The van der Waals surface area contributed by atoms with Crippen molar-refractivity contribution >= 4 is 11.6 Å². The monoisotopic (exact) mass is 248 g/mol. The molecule has 1 aromatic carbocycles. The first kappa shape index (κ1) is 12.9. The molecule has 0 spiro atoms.